The van der Waals surface area contributed by atoms with Crippen molar-refractivity contribution < 1.29 is 19.1 Å². The number of halogens is 1. The molecule has 3 heterocycles. The fraction of sp³-hybridized carbons (Fsp3) is 0.348. The number of alkyl halides is 1. The number of nitrogens with one attached hydrogen (secondary N) is 3. The maximum Gasteiger partial charge on any atom is 0.255 e. The Morgan fingerprint density at radius 3 is 2.68 bits per heavy atom. The summed E-state index contributed by atoms with van der Waals surface area (Å²) in [6.07, 6.45) is 1.08. The van der Waals surface area contributed by atoms with Crippen LogP contribution in [0.25, 0.3) is 16.9 Å². The summed E-state index contributed by atoms with van der Waals surface area (Å²) in [5.41, 5.74) is 0.957. The van der Waals surface area contributed by atoms with Crippen molar-refractivity contribution in [3.8, 4) is 17.5 Å². The predicted molar refractivity (Wildman–Crippen MR) is 124 cm³/mol. The van der Waals surface area contributed by atoms with Crippen molar-refractivity contribution in [2.24, 2.45) is 0 Å². The van der Waals surface area contributed by atoms with E-state index in [1.807, 2.05) is 6.07 Å². The summed E-state index contributed by atoms with van der Waals surface area (Å²) < 4.78 is 15.7. The van der Waals surface area contributed by atoms with Crippen molar-refractivity contribution in [3.63, 3.8) is 0 Å². The number of fused-ring (bicyclic) bond motifs is 1. The molecule has 0 bridgehead atoms. The van der Waals surface area contributed by atoms with Crippen LogP contribution in [0.1, 0.15) is 36.7 Å². The molecule has 10 nitrogen and oxygen atoms in total. The molecule has 0 aliphatic heterocycles. The SMILES string of the molecule is CNC(=O)[C@H](C)Nc1cc(-c2ccc3cc(C#N)cnn23)ncc1C(=O)NC[C@@H](F)C(C)(C)O. The van der Waals surface area contributed by atoms with Crippen molar-refractivity contribution in [1.29, 1.82) is 5.26 Å². The zero-order valence-corrected chi connectivity index (χ0v) is 19.3. The Labute approximate surface area is 195 Å². The summed E-state index contributed by atoms with van der Waals surface area (Å²) in [7, 11) is 1.50. The lowest BCUT2D eigenvalue weighted by Crippen LogP contribution is -2.42. The number of nitrogens with zero attached hydrogens (tertiary/aromatic N) is 4. The van der Waals surface area contributed by atoms with Gasteiger partial charge in [0.15, 0.2) is 0 Å². The summed E-state index contributed by atoms with van der Waals surface area (Å²) >= 11 is 0. The average Bonchev–Trinajstić information content (AvgIpc) is 3.24. The third-order valence-electron chi connectivity index (χ3n) is 5.26. The van der Waals surface area contributed by atoms with E-state index in [2.05, 4.69) is 26.0 Å². The van der Waals surface area contributed by atoms with E-state index < -0.39 is 30.3 Å². The first-order valence-electron chi connectivity index (χ1n) is 10.6. The maximum atomic E-state index is 14.1. The van der Waals surface area contributed by atoms with E-state index in [1.54, 1.807) is 35.7 Å². The van der Waals surface area contributed by atoms with Gasteiger partial charge in [-0.25, -0.2) is 8.91 Å². The van der Waals surface area contributed by atoms with Crippen molar-refractivity contribution in [2.45, 2.75) is 38.6 Å². The number of aliphatic hydroxyl groups is 1. The van der Waals surface area contributed by atoms with Gasteiger partial charge in [0, 0.05) is 13.2 Å². The lowest BCUT2D eigenvalue weighted by Gasteiger charge is -2.23. The quantitative estimate of drug-likeness (QED) is 0.394. The van der Waals surface area contributed by atoms with Gasteiger partial charge in [0.25, 0.3) is 5.91 Å². The zero-order valence-electron chi connectivity index (χ0n) is 19.3. The van der Waals surface area contributed by atoms with Gasteiger partial charge < -0.3 is 21.1 Å². The average molecular weight is 468 g/mol. The number of hydrogen-bond acceptors (Lipinski definition) is 7. The van der Waals surface area contributed by atoms with Crippen LogP contribution in [0.4, 0.5) is 10.1 Å². The van der Waals surface area contributed by atoms with Gasteiger partial charge in [-0.1, -0.05) is 0 Å². The Kier molecular flexibility index (Phi) is 7.12. The summed E-state index contributed by atoms with van der Waals surface area (Å²) in [5.74, 6) is -0.913. The highest BCUT2D eigenvalue weighted by atomic mass is 19.1. The zero-order chi connectivity index (χ0) is 25.0. The van der Waals surface area contributed by atoms with Crippen LogP contribution in [-0.2, 0) is 4.79 Å². The van der Waals surface area contributed by atoms with Gasteiger partial charge in [0.05, 0.1) is 52.1 Å². The molecule has 3 aromatic rings. The van der Waals surface area contributed by atoms with Gasteiger partial charge >= 0.3 is 0 Å². The molecular formula is C23H26FN7O3. The second kappa shape index (κ2) is 9.84. The van der Waals surface area contributed by atoms with Crippen LogP contribution in [0.3, 0.4) is 0 Å². The van der Waals surface area contributed by atoms with Crippen LogP contribution in [0.15, 0.2) is 36.7 Å². The van der Waals surface area contributed by atoms with Gasteiger partial charge in [-0.05, 0) is 45.0 Å². The van der Waals surface area contributed by atoms with E-state index in [-0.39, 0.29) is 11.5 Å². The van der Waals surface area contributed by atoms with Crippen LogP contribution in [0.2, 0.25) is 0 Å². The van der Waals surface area contributed by atoms with Gasteiger partial charge in [-0.15, -0.1) is 0 Å². The normalized spacial score (nSPS) is 13.1. The number of hydrogen-bond donors (Lipinski definition) is 4. The van der Waals surface area contributed by atoms with E-state index in [4.69, 9.17) is 5.26 Å². The molecule has 0 aliphatic carbocycles. The first-order valence-corrected chi connectivity index (χ1v) is 10.6. The van der Waals surface area contributed by atoms with Crippen molar-refractivity contribution in [1.82, 2.24) is 25.2 Å². The number of amides is 2. The number of pyridine rings is 1. The third kappa shape index (κ3) is 5.29. The van der Waals surface area contributed by atoms with Crippen LogP contribution in [0.5, 0.6) is 0 Å². The molecule has 0 aliphatic rings. The highest BCUT2D eigenvalue weighted by Crippen LogP contribution is 2.26. The number of aromatic nitrogens is 3. The molecule has 2 amide bonds. The first-order chi connectivity index (χ1) is 16.0. The lowest BCUT2D eigenvalue weighted by atomic mass is 10.0. The minimum absolute atomic E-state index is 0.100. The van der Waals surface area contributed by atoms with E-state index in [0.717, 1.165) is 0 Å². The predicted octanol–water partition coefficient (Wildman–Crippen LogP) is 1.65. The Balaban J connectivity index is 1.98. The summed E-state index contributed by atoms with van der Waals surface area (Å²) in [4.78, 5) is 29.2. The molecule has 4 N–H and O–H groups in total. The number of nitriles is 1. The Hall–Kier alpha value is -4.04. The molecule has 178 valence electrons. The topological polar surface area (TPSA) is 144 Å². The molecule has 3 aromatic heterocycles. The fourth-order valence-corrected chi connectivity index (χ4v) is 3.19. The number of carbonyl (C=O) groups is 2. The summed E-state index contributed by atoms with van der Waals surface area (Å²) in [6, 6.07) is 8.19. The van der Waals surface area contributed by atoms with E-state index in [1.165, 1.54) is 33.3 Å². The van der Waals surface area contributed by atoms with Gasteiger partial charge in [-0.2, -0.15) is 10.4 Å². The second-order valence-electron chi connectivity index (χ2n) is 8.34. The molecule has 0 aromatic carbocycles. The molecule has 3 rings (SSSR count). The highest BCUT2D eigenvalue weighted by Gasteiger charge is 2.27. The molecule has 34 heavy (non-hydrogen) atoms. The lowest BCUT2D eigenvalue weighted by molar-refractivity contribution is -0.121. The molecule has 11 heteroatoms. The molecule has 2 atom stereocenters. The Morgan fingerprint density at radius 1 is 1.29 bits per heavy atom. The van der Waals surface area contributed by atoms with Gasteiger partial charge in [0.1, 0.15) is 18.3 Å². The number of likely N-dealkylation sites (N-methyl/N-ethyl adjacent to an activating group) is 1. The largest absolute Gasteiger partial charge is 0.387 e. The third-order valence-corrected chi connectivity index (χ3v) is 5.26. The molecule has 0 saturated carbocycles. The summed E-state index contributed by atoms with van der Waals surface area (Å²) in [5, 5.41) is 31.1. The fourth-order valence-electron chi connectivity index (χ4n) is 3.19. The minimum Gasteiger partial charge on any atom is -0.387 e. The van der Waals surface area contributed by atoms with Crippen LogP contribution < -0.4 is 16.0 Å². The molecule has 0 unspecified atom stereocenters. The first kappa shape index (κ1) is 24.6. The standard InChI is InChI=1S/C23H26FN7O3/c1-13(21(32)26-4)30-17-8-18(19-6-5-15-7-14(9-25)10-29-31(15)19)27-11-16(17)22(33)28-12-20(24)23(2,3)34/h5-8,10-11,13,20,34H,12H2,1-4H3,(H,26,32)(H,27,30)(H,28,33)/t13-,20+/m0/s1. The van der Waals surface area contributed by atoms with Gasteiger partial charge in [0.2, 0.25) is 5.91 Å². The summed E-state index contributed by atoms with van der Waals surface area (Å²) in [6.45, 7) is 3.86. The van der Waals surface area contributed by atoms with E-state index in [9.17, 15) is 19.1 Å². The van der Waals surface area contributed by atoms with Crippen molar-refractivity contribution >= 4 is 23.0 Å². The van der Waals surface area contributed by atoms with Crippen LogP contribution in [-0.4, -0.2) is 62.9 Å². The van der Waals surface area contributed by atoms with Crippen LogP contribution >= 0.6 is 0 Å². The van der Waals surface area contributed by atoms with E-state index in [0.29, 0.717) is 28.2 Å². The molecule has 0 spiro atoms. The van der Waals surface area contributed by atoms with Gasteiger partial charge in [-0.3, -0.25) is 14.6 Å². The smallest absolute Gasteiger partial charge is 0.255 e. The minimum atomic E-state index is -1.68. The molecular weight excluding hydrogens is 441 g/mol. The molecule has 0 radical (unpaired) electrons. The van der Waals surface area contributed by atoms with Crippen molar-refractivity contribution in [3.05, 3.63) is 47.8 Å². The number of anilines is 1. The van der Waals surface area contributed by atoms with Crippen LogP contribution in [0, 0.1) is 11.3 Å². The second-order valence-corrected chi connectivity index (χ2v) is 8.34. The van der Waals surface area contributed by atoms with E-state index >= 15 is 0 Å². The number of carbonyl (C=O) groups excluding carboxylic acids is 2. The Bertz CT molecular complexity index is 1260. The maximum absolute atomic E-state index is 14.1. The molecule has 0 fully saturated rings. The molecule has 0 saturated heterocycles. The monoisotopic (exact) mass is 467 g/mol. The Morgan fingerprint density at radius 2 is 2.03 bits per heavy atom. The van der Waals surface area contributed by atoms with Crippen molar-refractivity contribution in [2.75, 3.05) is 18.9 Å². The highest BCUT2D eigenvalue weighted by molar-refractivity contribution is 6.00. The number of rotatable bonds is 8.